The first-order valence-corrected chi connectivity index (χ1v) is 5.20. The highest BCUT2D eigenvalue weighted by molar-refractivity contribution is 5.81. The Labute approximate surface area is 85.9 Å². The third kappa shape index (κ3) is 5.19. The summed E-state index contributed by atoms with van der Waals surface area (Å²) in [5, 5.41) is 12.1. The molecule has 0 aromatic rings. The summed E-state index contributed by atoms with van der Waals surface area (Å²) >= 11 is 0. The Balaban J connectivity index is 3.73. The van der Waals surface area contributed by atoms with Crippen molar-refractivity contribution in [1.29, 1.82) is 0 Å². The summed E-state index contributed by atoms with van der Waals surface area (Å²) < 4.78 is 0. The number of carbonyl (C=O) groups is 1. The highest BCUT2D eigenvalue weighted by Gasteiger charge is 2.14. The van der Waals surface area contributed by atoms with Crippen LogP contribution < -0.4 is 11.1 Å². The van der Waals surface area contributed by atoms with E-state index in [1.807, 2.05) is 20.8 Å². The van der Waals surface area contributed by atoms with Crippen LogP contribution in [0.1, 0.15) is 33.6 Å². The van der Waals surface area contributed by atoms with Crippen molar-refractivity contribution >= 4 is 5.91 Å². The molecule has 0 saturated heterocycles. The maximum atomic E-state index is 11.3. The molecule has 0 aliphatic rings. The minimum absolute atomic E-state index is 0.151. The number of hydrogen-bond acceptors (Lipinski definition) is 3. The molecule has 1 unspecified atom stereocenters. The van der Waals surface area contributed by atoms with Gasteiger partial charge in [-0.2, -0.15) is 0 Å². The SMILES string of the molecule is CCC[C@H](N)C(=O)NCC(O)C(C)C. The van der Waals surface area contributed by atoms with E-state index >= 15 is 0 Å². The molecule has 0 saturated carbocycles. The van der Waals surface area contributed by atoms with E-state index in [1.54, 1.807) is 0 Å². The Morgan fingerprint density at radius 1 is 1.50 bits per heavy atom. The van der Waals surface area contributed by atoms with Gasteiger partial charge in [-0.15, -0.1) is 0 Å². The molecule has 0 aromatic carbocycles. The van der Waals surface area contributed by atoms with Crippen molar-refractivity contribution in [3.63, 3.8) is 0 Å². The standard InChI is InChI=1S/C10H22N2O2/c1-4-5-8(11)10(14)12-6-9(13)7(2)3/h7-9,13H,4-6,11H2,1-3H3,(H,12,14)/t8-,9?/m0/s1. The second-order valence-electron chi connectivity index (χ2n) is 3.95. The summed E-state index contributed by atoms with van der Waals surface area (Å²) in [5.74, 6) is -0.0238. The fraction of sp³-hybridized carbons (Fsp3) is 0.900. The highest BCUT2D eigenvalue weighted by atomic mass is 16.3. The Morgan fingerprint density at radius 3 is 2.50 bits per heavy atom. The normalized spacial score (nSPS) is 15.3. The largest absolute Gasteiger partial charge is 0.391 e. The zero-order valence-corrected chi connectivity index (χ0v) is 9.29. The van der Waals surface area contributed by atoms with E-state index in [0.29, 0.717) is 6.42 Å². The number of nitrogens with one attached hydrogen (secondary N) is 1. The number of carbonyl (C=O) groups excluding carboxylic acids is 1. The summed E-state index contributed by atoms with van der Waals surface area (Å²) in [5.41, 5.74) is 5.60. The molecule has 0 spiro atoms. The van der Waals surface area contributed by atoms with Crippen LogP contribution in [0.25, 0.3) is 0 Å². The van der Waals surface area contributed by atoms with Gasteiger partial charge in [-0.25, -0.2) is 0 Å². The molecule has 4 heteroatoms. The molecule has 4 nitrogen and oxygen atoms in total. The van der Waals surface area contributed by atoms with Crippen molar-refractivity contribution in [2.75, 3.05) is 6.54 Å². The molecule has 0 aliphatic carbocycles. The lowest BCUT2D eigenvalue weighted by atomic mass is 10.1. The van der Waals surface area contributed by atoms with Crippen LogP contribution in [-0.2, 0) is 4.79 Å². The number of hydrogen-bond donors (Lipinski definition) is 3. The molecule has 0 aliphatic heterocycles. The number of aliphatic hydroxyl groups excluding tert-OH is 1. The molecule has 4 N–H and O–H groups in total. The zero-order chi connectivity index (χ0) is 11.1. The van der Waals surface area contributed by atoms with E-state index in [9.17, 15) is 9.90 Å². The fourth-order valence-electron chi connectivity index (χ4n) is 1.01. The highest BCUT2D eigenvalue weighted by Crippen LogP contribution is 1.99. The third-order valence-electron chi connectivity index (χ3n) is 2.19. The van der Waals surface area contributed by atoms with Gasteiger partial charge in [-0.1, -0.05) is 27.2 Å². The van der Waals surface area contributed by atoms with Crippen LogP contribution in [-0.4, -0.2) is 29.7 Å². The van der Waals surface area contributed by atoms with Gasteiger partial charge in [0.15, 0.2) is 0 Å². The van der Waals surface area contributed by atoms with Gasteiger partial charge >= 0.3 is 0 Å². The average Bonchev–Trinajstić information content (AvgIpc) is 2.13. The van der Waals surface area contributed by atoms with Crippen LogP contribution in [0.5, 0.6) is 0 Å². The van der Waals surface area contributed by atoms with E-state index in [1.165, 1.54) is 0 Å². The van der Waals surface area contributed by atoms with Crippen molar-refractivity contribution in [3.05, 3.63) is 0 Å². The molecular formula is C10H22N2O2. The lowest BCUT2D eigenvalue weighted by molar-refractivity contribution is -0.123. The summed E-state index contributed by atoms with van der Waals surface area (Å²) in [7, 11) is 0. The van der Waals surface area contributed by atoms with Gasteiger partial charge in [-0.3, -0.25) is 4.79 Å². The van der Waals surface area contributed by atoms with Crippen LogP contribution >= 0.6 is 0 Å². The summed E-state index contributed by atoms with van der Waals surface area (Å²) in [6.07, 6.45) is 1.08. The fourth-order valence-corrected chi connectivity index (χ4v) is 1.01. The predicted octanol–water partition coefficient (Wildman–Crippen LogP) is 0.247. The maximum absolute atomic E-state index is 11.3. The van der Waals surface area contributed by atoms with E-state index in [4.69, 9.17) is 5.73 Å². The van der Waals surface area contributed by atoms with Gasteiger partial charge in [0.2, 0.25) is 5.91 Å². The molecule has 0 fully saturated rings. The lowest BCUT2D eigenvalue weighted by Gasteiger charge is -2.17. The topological polar surface area (TPSA) is 75.4 Å². The number of rotatable bonds is 6. The van der Waals surface area contributed by atoms with Crippen LogP contribution in [0.3, 0.4) is 0 Å². The van der Waals surface area contributed by atoms with Crippen molar-refractivity contribution in [2.24, 2.45) is 11.7 Å². The van der Waals surface area contributed by atoms with Gasteiger partial charge in [0, 0.05) is 6.54 Å². The smallest absolute Gasteiger partial charge is 0.237 e. The van der Waals surface area contributed by atoms with Crippen molar-refractivity contribution in [2.45, 2.75) is 45.8 Å². The van der Waals surface area contributed by atoms with Gasteiger partial charge in [0.05, 0.1) is 12.1 Å². The first kappa shape index (κ1) is 13.4. The van der Waals surface area contributed by atoms with Crippen molar-refractivity contribution in [1.82, 2.24) is 5.32 Å². The zero-order valence-electron chi connectivity index (χ0n) is 9.29. The number of amides is 1. The second kappa shape index (κ2) is 6.79. The Hall–Kier alpha value is -0.610. The minimum Gasteiger partial charge on any atom is -0.391 e. The monoisotopic (exact) mass is 202 g/mol. The summed E-state index contributed by atoms with van der Waals surface area (Å²) in [6, 6.07) is -0.445. The Kier molecular flexibility index (Phi) is 6.49. The van der Waals surface area contributed by atoms with Crippen LogP contribution in [0, 0.1) is 5.92 Å². The van der Waals surface area contributed by atoms with Gasteiger partial charge in [-0.05, 0) is 12.3 Å². The quantitative estimate of drug-likeness (QED) is 0.578. The predicted molar refractivity (Wildman–Crippen MR) is 56.7 cm³/mol. The van der Waals surface area contributed by atoms with E-state index in [-0.39, 0.29) is 18.4 Å². The van der Waals surface area contributed by atoms with E-state index < -0.39 is 12.1 Å². The van der Waals surface area contributed by atoms with Crippen molar-refractivity contribution < 1.29 is 9.90 Å². The molecule has 14 heavy (non-hydrogen) atoms. The molecule has 84 valence electrons. The molecule has 0 heterocycles. The van der Waals surface area contributed by atoms with Crippen molar-refractivity contribution in [3.8, 4) is 0 Å². The molecule has 0 radical (unpaired) electrons. The number of nitrogens with two attached hydrogens (primary N) is 1. The minimum atomic E-state index is -0.493. The average molecular weight is 202 g/mol. The Bertz CT molecular complexity index is 172. The van der Waals surface area contributed by atoms with Gasteiger partial charge < -0.3 is 16.2 Å². The molecule has 0 rings (SSSR count). The van der Waals surface area contributed by atoms with Crippen LogP contribution in [0.4, 0.5) is 0 Å². The summed E-state index contributed by atoms with van der Waals surface area (Å²) in [6.45, 7) is 6.08. The lowest BCUT2D eigenvalue weighted by Crippen LogP contribution is -2.44. The van der Waals surface area contributed by atoms with Gasteiger partial charge in [0.25, 0.3) is 0 Å². The molecule has 1 amide bonds. The summed E-state index contributed by atoms with van der Waals surface area (Å²) in [4.78, 5) is 11.3. The third-order valence-corrected chi connectivity index (χ3v) is 2.19. The van der Waals surface area contributed by atoms with Gasteiger partial charge in [0.1, 0.15) is 0 Å². The molecule has 2 atom stereocenters. The molecular weight excluding hydrogens is 180 g/mol. The molecule has 0 aromatic heterocycles. The van der Waals surface area contributed by atoms with E-state index in [0.717, 1.165) is 6.42 Å². The first-order valence-electron chi connectivity index (χ1n) is 5.20. The Morgan fingerprint density at radius 2 is 2.07 bits per heavy atom. The van der Waals surface area contributed by atoms with E-state index in [2.05, 4.69) is 5.32 Å². The molecule has 0 bridgehead atoms. The maximum Gasteiger partial charge on any atom is 0.237 e. The number of aliphatic hydroxyl groups is 1. The second-order valence-corrected chi connectivity index (χ2v) is 3.95. The van der Waals surface area contributed by atoms with Crippen LogP contribution in [0.15, 0.2) is 0 Å². The first-order chi connectivity index (χ1) is 6.49. The van der Waals surface area contributed by atoms with Crippen LogP contribution in [0.2, 0.25) is 0 Å².